The van der Waals surface area contributed by atoms with Crippen LogP contribution in [0.15, 0.2) is 18.3 Å². The summed E-state index contributed by atoms with van der Waals surface area (Å²) >= 11 is 0. The van der Waals surface area contributed by atoms with Crippen molar-refractivity contribution in [3.8, 4) is 11.5 Å². The predicted octanol–water partition coefficient (Wildman–Crippen LogP) is 1.30. The second kappa shape index (κ2) is 5.32. The molecule has 112 valence electrons. The molecule has 2 aromatic rings. The van der Waals surface area contributed by atoms with Gasteiger partial charge in [0.05, 0.1) is 5.56 Å². The smallest absolute Gasteiger partial charge is 0.337 e. The number of hydrogen-bond acceptors (Lipinski definition) is 5. The van der Waals surface area contributed by atoms with E-state index in [-0.39, 0.29) is 0 Å². The SMILES string of the molecule is FC(F)(F)c1ccc(-c2nc(N3CCNCC3)n[nH]2)nc1. The highest BCUT2D eigenvalue weighted by atomic mass is 19.4. The first-order valence-electron chi connectivity index (χ1n) is 6.46. The maximum absolute atomic E-state index is 12.5. The van der Waals surface area contributed by atoms with E-state index in [2.05, 4.69) is 25.5 Å². The lowest BCUT2D eigenvalue weighted by molar-refractivity contribution is -0.137. The molecule has 0 aromatic carbocycles. The maximum atomic E-state index is 12.5. The number of nitrogens with zero attached hydrogens (tertiary/aromatic N) is 4. The fraction of sp³-hybridized carbons (Fsp3) is 0.417. The van der Waals surface area contributed by atoms with Crippen LogP contribution in [0.25, 0.3) is 11.5 Å². The summed E-state index contributed by atoms with van der Waals surface area (Å²) in [6.07, 6.45) is -3.60. The van der Waals surface area contributed by atoms with Crippen molar-refractivity contribution in [3.63, 3.8) is 0 Å². The molecule has 2 aromatic heterocycles. The van der Waals surface area contributed by atoms with Crippen molar-refractivity contribution >= 4 is 5.95 Å². The lowest BCUT2D eigenvalue weighted by Gasteiger charge is -2.25. The summed E-state index contributed by atoms with van der Waals surface area (Å²) in [6.45, 7) is 3.28. The number of halogens is 3. The van der Waals surface area contributed by atoms with Gasteiger partial charge in [0.2, 0.25) is 5.95 Å². The summed E-state index contributed by atoms with van der Waals surface area (Å²) in [5, 5.41) is 10.0. The van der Waals surface area contributed by atoms with E-state index in [1.165, 1.54) is 6.07 Å². The molecule has 0 spiro atoms. The summed E-state index contributed by atoms with van der Waals surface area (Å²) in [5.41, 5.74) is -0.454. The van der Waals surface area contributed by atoms with E-state index in [4.69, 9.17) is 0 Å². The molecular formula is C12H13F3N6. The average molecular weight is 298 g/mol. The van der Waals surface area contributed by atoms with Gasteiger partial charge in [-0.1, -0.05) is 0 Å². The molecule has 0 saturated carbocycles. The Morgan fingerprint density at radius 3 is 2.52 bits per heavy atom. The first-order valence-corrected chi connectivity index (χ1v) is 6.46. The number of rotatable bonds is 2. The van der Waals surface area contributed by atoms with Crippen molar-refractivity contribution in [2.75, 3.05) is 31.1 Å². The molecular weight excluding hydrogens is 285 g/mol. The first kappa shape index (κ1) is 13.8. The summed E-state index contributed by atoms with van der Waals surface area (Å²) in [4.78, 5) is 10.1. The van der Waals surface area contributed by atoms with Crippen LogP contribution in [0.2, 0.25) is 0 Å². The van der Waals surface area contributed by atoms with Gasteiger partial charge < -0.3 is 10.2 Å². The number of H-pyrrole nitrogens is 1. The molecule has 6 nitrogen and oxygen atoms in total. The quantitative estimate of drug-likeness (QED) is 0.874. The molecule has 0 bridgehead atoms. The van der Waals surface area contributed by atoms with E-state index < -0.39 is 11.7 Å². The zero-order valence-corrected chi connectivity index (χ0v) is 11.0. The minimum atomic E-state index is -4.39. The molecule has 1 saturated heterocycles. The number of piperazine rings is 1. The molecule has 21 heavy (non-hydrogen) atoms. The predicted molar refractivity (Wildman–Crippen MR) is 69.7 cm³/mol. The molecule has 0 atom stereocenters. The molecule has 1 aliphatic heterocycles. The molecule has 3 heterocycles. The third-order valence-corrected chi connectivity index (χ3v) is 3.21. The van der Waals surface area contributed by atoms with E-state index in [9.17, 15) is 13.2 Å². The van der Waals surface area contributed by atoms with Crippen LogP contribution in [0, 0.1) is 0 Å². The van der Waals surface area contributed by atoms with Crippen LogP contribution in [-0.2, 0) is 6.18 Å². The van der Waals surface area contributed by atoms with Crippen LogP contribution in [0.1, 0.15) is 5.56 Å². The van der Waals surface area contributed by atoms with Crippen LogP contribution in [0.4, 0.5) is 19.1 Å². The number of aromatic amines is 1. The molecule has 0 unspecified atom stereocenters. The van der Waals surface area contributed by atoms with Gasteiger partial charge >= 0.3 is 6.18 Å². The fourth-order valence-corrected chi connectivity index (χ4v) is 2.08. The third kappa shape index (κ3) is 2.97. The highest BCUT2D eigenvalue weighted by Gasteiger charge is 2.30. The van der Waals surface area contributed by atoms with E-state index in [1.807, 2.05) is 4.90 Å². The van der Waals surface area contributed by atoms with Crippen molar-refractivity contribution in [1.29, 1.82) is 0 Å². The summed E-state index contributed by atoms with van der Waals surface area (Å²) in [6, 6.07) is 2.26. The number of anilines is 1. The van der Waals surface area contributed by atoms with Gasteiger partial charge in [0, 0.05) is 32.4 Å². The summed E-state index contributed by atoms with van der Waals surface area (Å²) in [7, 11) is 0. The summed E-state index contributed by atoms with van der Waals surface area (Å²) in [5.74, 6) is 0.894. The third-order valence-electron chi connectivity index (χ3n) is 3.21. The lowest BCUT2D eigenvalue weighted by Crippen LogP contribution is -2.44. The van der Waals surface area contributed by atoms with Crippen molar-refractivity contribution in [2.24, 2.45) is 0 Å². The van der Waals surface area contributed by atoms with E-state index in [0.717, 1.165) is 38.4 Å². The molecule has 0 aliphatic carbocycles. The van der Waals surface area contributed by atoms with Crippen molar-refractivity contribution in [2.45, 2.75) is 6.18 Å². The van der Waals surface area contributed by atoms with Gasteiger partial charge in [0.25, 0.3) is 0 Å². The molecule has 2 N–H and O–H groups in total. The van der Waals surface area contributed by atoms with Gasteiger partial charge in [-0.3, -0.25) is 10.1 Å². The van der Waals surface area contributed by atoms with Gasteiger partial charge in [-0.15, -0.1) is 5.10 Å². The minimum absolute atomic E-state index is 0.330. The Morgan fingerprint density at radius 1 is 1.14 bits per heavy atom. The fourth-order valence-electron chi connectivity index (χ4n) is 2.08. The van der Waals surface area contributed by atoms with Crippen LogP contribution < -0.4 is 10.2 Å². The standard InChI is InChI=1S/C12H13F3N6/c13-12(14,15)8-1-2-9(17-7-8)10-18-11(20-19-10)21-5-3-16-4-6-21/h1-2,7,16H,3-6H2,(H,18,19,20). The van der Waals surface area contributed by atoms with Crippen molar-refractivity contribution in [1.82, 2.24) is 25.5 Å². The van der Waals surface area contributed by atoms with Crippen LogP contribution in [0.5, 0.6) is 0 Å². The van der Waals surface area contributed by atoms with Gasteiger partial charge in [0.1, 0.15) is 5.69 Å². The van der Waals surface area contributed by atoms with Gasteiger partial charge in [0.15, 0.2) is 5.82 Å². The molecule has 1 aliphatic rings. The molecule has 1 fully saturated rings. The Labute approximate surface area is 118 Å². The zero-order valence-electron chi connectivity index (χ0n) is 11.0. The number of pyridine rings is 1. The zero-order chi connectivity index (χ0) is 14.9. The highest BCUT2D eigenvalue weighted by Crippen LogP contribution is 2.29. The summed E-state index contributed by atoms with van der Waals surface area (Å²) < 4.78 is 37.4. The van der Waals surface area contributed by atoms with Crippen LogP contribution in [-0.4, -0.2) is 46.3 Å². The molecule has 9 heteroatoms. The van der Waals surface area contributed by atoms with Crippen LogP contribution in [0.3, 0.4) is 0 Å². The lowest BCUT2D eigenvalue weighted by atomic mass is 10.2. The maximum Gasteiger partial charge on any atom is 0.417 e. The van der Waals surface area contributed by atoms with Crippen molar-refractivity contribution < 1.29 is 13.2 Å². The highest BCUT2D eigenvalue weighted by molar-refractivity contribution is 5.51. The minimum Gasteiger partial charge on any atom is -0.337 e. The van der Waals surface area contributed by atoms with E-state index in [0.29, 0.717) is 17.5 Å². The topological polar surface area (TPSA) is 69.7 Å². The average Bonchev–Trinajstić information content (AvgIpc) is 2.97. The number of nitrogens with one attached hydrogen (secondary N) is 2. The van der Waals surface area contributed by atoms with Crippen molar-refractivity contribution in [3.05, 3.63) is 23.9 Å². The Kier molecular flexibility index (Phi) is 3.50. The van der Waals surface area contributed by atoms with E-state index in [1.54, 1.807) is 0 Å². The van der Waals surface area contributed by atoms with Gasteiger partial charge in [-0.2, -0.15) is 18.2 Å². The number of aromatic nitrogens is 4. The molecule has 3 rings (SSSR count). The Bertz CT molecular complexity index is 600. The van der Waals surface area contributed by atoms with Crippen LogP contribution >= 0.6 is 0 Å². The Hall–Kier alpha value is -2.16. The largest absolute Gasteiger partial charge is 0.417 e. The van der Waals surface area contributed by atoms with E-state index >= 15 is 0 Å². The monoisotopic (exact) mass is 298 g/mol. The number of hydrogen-bond donors (Lipinski definition) is 2. The van der Waals surface area contributed by atoms with Gasteiger partial charge in [-0.25, -0.2) is 0 Å². The second-order valence-corrected chi connectivity index (χ2v) is 4.65. The molecule has 0 radical (unpaired) electrons. The Balaban J connectivity index is 1.79. The number of alkyl halides is 3. The molecule has 0 amide bonds. The van der Waals surface area contributed by atoms with Gasteiger partial charge in [-0.05, 0) is 12.1 Å². The Morgan fingerprint density at radius 2 is 1.90 bits per heavy atom. The second-order valence-electron chi connectivity index (χ2n) is 4.65. The first-order chi connectivity index (χ1) is 10.0. The normalized spacial score (nSPS) is 16.2.